The van der Waals surface area contributed by atoms with E-state index in [4.69, 9.17) is 9.47 Å². The van der Waals surface area contributed by atoms with Crippen molar-refractivity contribution in [1.82, 2.24) is 0 Å². The van der Waals surface area contributed by atoms with E-state index in [0.29, 0.717) is 37.1 Å². The van der Waals surface area contributed by atoms with Gasteiger partial charge >= 0.3 is 0 Å². The highest BCUT2D eigenvalue weighted by molar-refractivity contribution is 5.48. The summed E-state index contributed by atoms with van der Waals surface area (Å²) in [5, 5.41) is 7.24. The monoisotopic (exact) mass is 440 g/mol. The number of ether oxygens (including phenoxy) is 2. The summed E-state index contributed by atoms with van der Waals surface area (Å²) in [7, 11) is 0. The van der Waals surface area contributed by atoms with E-state index in [0.717, 1.165) is 35.7 Å². The van der Waals surface area contributed by atoms with Crippen molar-refractivity contribution in [3.05, 3.63) is 48.5 Å². The van der Waals surface area contributed by atoms with Crippen LogP contribution in [0.4, 0.5) is 11.4 Å². The molecule has 178 valence electrons. The molecule has 0 fully saturated rings. The lowest BCUT2D eigenvalue weighted by atomic mass is 10.0. The fourth-order valence-electron chi connectivity index (χ4n) is 3.88. The first-order valence-corrected chi connectivity index (χ1v) is 12.4. The van der Waals surface area contributed by atoms with Crippen molar-refractivity contribution >= 4 is 11.4 Å². The highest BCUT2D eigenvalue weighted by Crippen LogP contribution is 2.21. The average Bonchev–Trinajstić information content (AvgIpc) is 2.77. The Bertz CT molecular complexity index is 676. The summed E-state index contributed by atoms with van der Waals surface area (Å²) in [5.41, 5.74) is 2.29. The molecule has 0 aliphatic carbocycles. The number of hydrogen-bond donors (Lipinski definition) is 2. The molecule has 0 bridgehead atoms. The summed E-state index contributed by atoms with van der Waals surface area (Å²) in [4.78, 5) is 0. The van der Waals surface area contributed by atoms with Crippen LogP contribution in [0.15, 0.2) is 48.5 Å². The lowest BCUT2D eigenvalue weighted by Gasteiger charge is -2.20. The molecule has 2 aromatic carbocycles. The molecule has 4 nitrogen and oxygen atoms in total. The second-order valence-electron chi connectivity index (χ2n) is 9.50. The van der Waals surface area contributed by atoms with Crippen molar-refractivity contribution in [3.63, 3.8) is 0 Å². The number of nitrogens with one attached hydrogen (secondary N) is 2. The van der Waals surface area contributed by atoms with Gasteiger partial charge in [-0.2, -0.15) is 0 Å². The molecule has 2 rings (SSSR count). The molecule has 0 radical (unpaired) electrons. The van der Waals surface area contributed by atoms with Crippen molar-refractivity contribution in [2.75, 3.05) is 23.8 Å². The smallest absolute Gasteiger partial charge is 0.122 e. The molecule has 2 N–H and O–H groups in total. The average molecular weight is 441 g/mol. The number of anilines is 2. The maximum atomic E-state index is 5.84. The van der Waals surface area contributed by atoms with Crippen LogP contribution in [-0.4, -0.2) is 25.3 Å². The van der Waals surface area contributed by atoms with E-state index in [-0.39, 0.29) is 0 Å². The van der Waals surface area contributed by atoms with E-state index in [9.17, 15) is 0 Å². The summed E-state index contributed by atoms with van der Waals surface area (Å²) in [5.74, 6) is 3.12. The van der Waals surface area contributed by atoms with Crippen LogP contribution in [0, 0.1) is 11.8 Å². The van der Waals surface area contributed by atoms with E-state index in [2.05, 4.69) is 76.4 Å². The largest absolute Gasteiger partial charge is 0.490 e. The molecule has 32 heavy (non-hydrogen) atoms. The predicted octanol–water partition coefficient (Wildman–Crippen LogP) is 7.62. The van der Waals surface area contributed by atoms with E-state index in [1.165, 1.54) is 12.8 Å². The van der Waals surface area contributed by atoms with Gasteiger partial charge in [0.15, 0.2) is 0 Å². The second kappa shape index (κ2) is 13.9. The van der Waals surface area contributed by atoms with Crippen molar-refractivity contribution < 1.29 is 9.47 Å². The number of hydrogen-bond acceptors (Lipinski definition) is 4. The zero-order chi connectivity index (χ0) is 23.3. The van der Waals surface area contributed by atoms with Crippen molar-refractivity contribution in [3.8, 4) is 11.5 Å². The van der Waals surface area contributed by atoms with Crippen LogP contribution in [0.3, 0.4) is 0 Å². The van der Waals surface area contributed by atoms with Crippen molar-refractivity contribution in [1.29, 1.82) is 0 Å². The zero-order valence-electron chi connectivity index (χ0n) is 21.0. The van der Waals surface area contributed by atoms with E-state index in [1.54, 1.807) is 0 Å². The Kier molecular flexibility index (Phi) is 11.3. The van der Waals surface area contributed by atoms with Gasteiger partial charge in [0.2, 0.25) is 0 Å². The highest BCUT2D eigenvalue weighted by Gasteiger charge is 2.09. The van der Waals surface area contributed by atoms with Gasteiger partial charge in [0, 0.05) is 23.5 Å². The Morgan fingerprint density at radius 1 is 0.594 bits per heavy atom. The maximum Gasteiger partial charge on any atom is 0.122 e. The first-order chi connectivity index (χ1) is 15.4. The minimum Gasteiger partial charge on any atom is -0.490 e. The standard InChI is InChI=1S/C28H44N2O2/c1-7-23(19-21(3)4)29-25-9-13-27(14-10-25)31-17-18-32-28-15-11-26(12-16-28)30-24(8-2)20-22(5)6/h9-16,21-24,29-30H,7-8,17-20H2,1-6H3. The lowest BCUT2D eigenvalue weighted by molar-refractivity contribution is 0.217. The molecule has 0 amide bonds. The van der Waals surface area contributed by atoms with Gasteiger partial charge in [-0.1, -0.05) is 41.5 Å². The van der Waals surface area contributed by atoms with Gasteiger partial charge in [0.1, 0.15) is 24.7 Å². The van der Waals surface area contributed by atoms with E-state index in [1.807, 2.05) is 24.3 Å². The molecule has 0 aliphatic rings. The fraction of sp³-hybridized carbons (Fsp3) is 0.571. The van der Waals surface area contributed by atoms with Crippen molar-refractivity contribution in [2.24, 2.45) is 11.8 Å². The summed E-state index contributed by atoms with van der Waals surface area (Å²) in [6, 6.07) is 17.5. The molecule has 2 atom stereocenters. The molecule has 2 unspecified atom stereocenters. The SMILES string of the molecule is CCC(CC(C)C)Nc1ccc(OCCOc2ccc(NC(CC)CC(C)C)cc2)cc1. The van der Waals surface area contributed by atoms with Gasteiger partial charge < -0.3 is 20.1 Å². The third-order valence-corrected chi connectivity index (χ3v) is 5.57. The van der Waals surface area contributed by atoms with Gasteiger partial charge in [-0.05, 0) is 86.1 Å². The Balaban J connectivity index is 1.71. The zero-order valence-corrected chi connectivity index (χ0v) is 21.0. The normalized spacial score (nSPS) is 13.1. The summed E-state index contributed by atoms with van der Waals surface area (Å²) in [6.07, 6.45) is 4.62. The topological polar surface area (TPSA) is 42.5 Å². The minimum absolute atomic E-state index is 0.514. The number of benzene rings is 2. The van der Waals surface area contributed by atoms with Crippen LogP contribution in [0.25, 0.3) is 0 Å². The molecule has 0 saturated carbocycles. The first kappa shape index (κ1) is 25.9. The quantitative estimate of drug-likeness (QED) is 0.280. The first-order valence-electron chi connectivity index (χ1n) is 12.4. The van der Waals surface area contributed by atoms with Crippen LogP contribution < -0.4 is 20.1 Å². The Morgan fingerprint density at radius 3 is 1.22 bits per heavy atom. The van der Waals surface area contributed by atoms with E-state index < -0.39 is 0 Å². The summed E-state index contributed by atoms with van der Waals surface area (Å²) in [6.45, 7) is 14.6. The molecule has 0 saturated heterocycles. The van der Waals surface area contributed by atoms with Crippen LogP contribution in [-0.2, 0) is 0 Å². The van der Waals surface area contributed by atoms with Crippen molar-refractivity contribution in [2.45, 2.75) is 79.3 Å². The Labute approximate surface area is 196 Å². The second-order valence-corrected chi connectivity index (χ2v) is 9.50. The Hall–Kier alpha value is -2.36. The van der Waals surface area contributed by atoms with Gasteiger partial charge in [-0.15, -0.1) is 0 Å². The molecule has 2 aromatic rings. The van der Waals surface area contributed by atoms with Gasteiger partial charge in [0.25, 0.3) is 0 Å². The van der Waals surface area contributed by atoms with Gasteiger partial charge in [-0.3, -0.25) is 0 Å². The molecule has 0 spiro atoms. The van der Waals surface area contributed by atoms with Crippen LogP contribution in [0.1, 0.15) is 67.2 Å². The van der Waals surface area contributed by atoms with Gasteiger partial charge in [0.05, 0.1) is 0 Å². The van der Waals surface area contributed by atoms with Crippen LogP contribution >= 0.6 is 0 Å². The minimum atomic E-state index is 0.514. The third-order valence-electron chi connectivity index (χ3n) is 5.57. The molecular formula is C28H44N2O2. The molecule has 0 aromatic heterocycles. The third kappa shape index (κ3) is 9.84. The predicted molar refractivity (Wildman–Crippen MR) is 138 cm³/mol. The fourth-order valence-corrected chi connectivity index (χ4v) is 3.88. The van der Waals surface area contributed by atoms with Gasteiger partial charge in [-0.25, -0.2) is 0 Å². The summed E-state index contributed by atoms with van der Waals surface area (Å²) < 4.78 is 11.7. The molecule has 0 aliphatic heterocycles. The Morgan fingerprint density at radius 2 is 0.938 bits per heavy atom. The molecule has 0 heterocycles. The van der Waals surface area contributed by atoms with E-state index >= 15 is 0 Å². The molecular weight excluding hydrogens is 396 g/mol. The lowest BCUT2D eigenvalue weighted by Crippen LogP contribution is -2.20. The highest BCUT2D eigenvalue weighted by atomic mass is 16.5. The van der Waals surface area contributed by atoms with Crippen LogP contribution in [0.5, 0.6) is 11.5 Å². The molecule has 4 heteroatoms. The number of rotatable bonds is 15. The van der Waals surface area contributed by atoms with Crippen LogP contribution in [0.2, 0.25) is 0 Å². The maximum absolute atomic E-state index is 5.84. The summed E-state index contributed by atoms with van der Waals surface area (Å²) >= 11 is 0.